The average Bonchev–Trinajstić information content (AvgIpc) is 3.43. The van der Waals surface area contributed by atoms with Crippen LogP contribution in [0.15, 0.2) is 47.5 Å². The van der Waals surface area contributed by atoms with Crippen LogP contribution in [-0.4, -0.2) is 27.0 Å². The van der Waals surface area contributed by atoms with E-state index in [0.717, 1.165) is 52.6 Å². The number of aryl methyl sites for hydroxylation is 1. The van der Waals surface area contributed by atoms with Crippen LogP contribution in [0, 0.1) is 18.8 Å². The van der Waals surface area contributed by atoms with Gasteiger partial charge in [0.15, 0.2) is 5.82 Å². The van der Waals surface area contributed by atoms with Crippen molar-refractivity contribution in [3.8, 4) is 17.5 Å². The highest BCUT2D eigenvalue weighted by molar-refractivity contribution is 6.30. The van der Waals surface area contributed by atoms with Crippen LogP contribution in [0.2, 0.25) is 5.02 Å². The van der Waals surface area contributed by atoms with Crippen molar-refractivity contribution in [2.75, 3.05) is 6.54 Å². The molecule has 1 fully saturated rings. The summed E-state index contributed by atoms with van der Waals surface area (Å²) < 4.78 is 2.14. The molecule has 1 aliphatic carbocycles. The van der Waals surface area contributed by atoms with Crippen molar-refractivity contribution in [1.29, 1.82) is 0 Å². The zero-order valence-electron chi connectivity index (χ0n) is 16.1. The Labute approximate surface area is 174 Å². The lowest BCUT2D eigenvalue weighted by Gasteiger charge is -2.13. The van der Waals surface area contributed by atoms with Gasteiger partial charge < -0.3 is 5.73 Å². The van der Waals surface area contributed by atoms with E-state index in [1.807, 2.05) is 37.3 Å². The molecule has 2 N–H and O–H groups in total. The molecule has 144 valence electrons. The van der Waals surface area contributed by atoms with Crippen molar-refractivity contribution >= 4 is 17.3 Å². The maximum Gasteiger partial charge on any atom is 0.165 e. The zero-order valence-corrected chi connectivity index (χ0v) is 16.9. The summed E-state index contributed by atoms with van der Waals surface area (Å²) in [5, 5.41) is 9.56. The Morgan fingerprint density at radius 3 is 2.66 bits per heavy atom. The molecule has 0 atom stereocenters. The highest BCUT2D eigenvalue weighted by Crippen LogP contribution is 2.51. The van der Waals surface area contributed by atoms with Gasteiger partial charge in [-0.3, -0.25) is 9.56 Å². The summed E-state index contributed by atoms with van der Waals surface area (Å²) in [4.78, 5) is 5.23. The number of hydrogen-bond acceptors (Lipinski definition) is 4. The third kappa shape index (κ3) is 3.05. The number of nitrogens with zero attached hydrogens (tertiary/aromatic N) is 4. The van der Waals surface area contributed by atoms with E-state index in [9.17, 15) is 0 Å². The van der Waals surface area contributed by atoms with Gasteiger partial charge in [0.1, 0.15) is 11.4 Å². The lowest BCUT2D eigenvalue weighted by atomic mass is 9.98. The fourth-order valence-electron chi connectivity index (χ4n) is 3.79. The Kier molecular flexibility index (Phi) is 4.27. The van der Waals surface area contributed by atoms with Gasteiger partial charge >= 0.3 is 0 Å². The molecule has 1 spiro atoms. The maximum absolute atomic E-state index is 6.13. The predicted octanol–water partition coefficient (Wildman–Crippen LogP) is 3.77. The van der Waals surface area contributed by atoms with Gasteiger partial charge in [-0.2, -0.15) is 0 Å². The summed E-state index contributed by atoms with van der Waals surface area (Å²) in [5.74, 6) is 8.13. The van der Waals surface area contributed by atoms with Crippen LogP contribution < -0.4 is 5.73 Å². The molecule has 1 saturated carbocycles. The smallest absolute Gasteiger partial charge is 0.165 e. The van der Waals surface area contributed by atoms with Crippen molar-refractivity contribution in [2.24, 2.45) is 10.7 Å². The maximum atomic E-state index is 6.13. The molecule has 0 unspecified atom stereocenters. The van der Waals surface area contributed by atoms with Crippen LogP contribution in [0.1, 0.15) is 47.6 Å². The first kappa shape index (κ1) is 18.1. The first-order valence-electron chi connectivity index (χ1n) is 9.73. The lowest BCUT2D eigenvalue weighted by Crippen LogP contribution is -2.11. The number of aliphatic imine (C=N–C) groups is 1. The van der Waals surface area contributed by atoms with Gasteiger partial charge in [0.2, 0.25) is 0 Å². The van der Waals surface area contributed by atoms with Crippen LogP contribution in [0.4, 0.5) is 0 Å². The number of nitrogens with two attached hydrogens (primary N) is 1. The minimum absolute atomic E-state index is 0.305. The molecule has 0 radical (unpaired) electrons. The first-order valence-corrected chi connectivity index (χ1v) is 10.1. The van der Waals surface area contributed by atoms with Crippen molar-refractivity contribution in [2.45, 2.75) is 31.7 Å². The fourth-order valence-corrected chi connectivity index (χ4v) is 3.92. The Hall–Kier alpha value is -2.94. The topological polar surface area (TPSA) is 69.1 Å². The Morgan fingerprint density at radius 1 is 1.14 bits per heavy atom. The second kappa shape index (κ2) is 6.84. The van der Waals surface area contributed by atoms with Crippen LogP contribution in [0.5, 0.6) is 0 Å². The molecule has 2 aromatic carbocycles. The third-order valence-corrected chi connectivity index (χ3v) is 5.65. The van der Waals surface area contributed by atoms with Crippen molar-refractivity contribution in [3.05, 3.63) is 75.8 Å². The van der Waals surface area contributed by atoms with Gasteiger partial charge in [0.25, 0.3) is 0 Å². The minimum Gasteiger partial charge on any atom is -0.330 e. The Bertz CT molecular complexity index is 1190. The summed E-state index contributed by atoms with van der Waals surface area (Å²) in [7, 11) is 0. The lowest BCUT2D eigenvalue weighted by molar-refractivity contribution is 0.659. The van der Waals surface area contributed by atoms with E-state index in [4.69, 9.17) is 22.3 Å². The standard InChI is InChI=1S/C23H20ClN5/c1-15-27-28-22-23(11-12-23)26-21(17-6-8-18(24)9-7-17)19-14-16(4-2-3-13-25)5-10-20(19)29(15)22/h5-10,14H,3,11-13,25H2,1H3. The molecule has 0 amide bonds. The number of halogens is 1. The van der Waals surface area contributed by atoms with Gasteiger partial charge in [-0.15, -0.1) is 10.2 Å². The van der Waals surface area contributed by atoms with E-state index in [1.54, 1.807) is 0 Å². The highest BCUT2D eigenvalue weighted by atomic mass is 35.5. The van der Waals surface area contributed by atoms with E-state index in [0.29, 0.717) is 18.0 Å². The van der Waals surface area contributed by atoms with E-state index in [1.165, 1.54) is 0 Å². The Balaban J connectivity index is 1.76. The van der Waals surface area contributed by atoms with Gasteiger partial charge in [0, 0.05) is 34.7 Å². The molecule has 29 heavy (non-hydrogen) atoms. The van der Waals surface area contributed by atoms with E-state index < -0.39 is 0 Å². The molecule has 2 heterocycles. The van der Waals surface area contributed by atoms with E-state index in [-0.39, 0.29) is 5.54 Å². The normalized spacial score (nSPS) is 15.6. The van der Waals surface area contributed by atoms with Gasteiger partial charge in [0.05, 0.1) is 11.4 Å². The SMILES string of the molecule is Cc1nnc2n1-c1ccc(C#CCCN)cc1C(c1ccc(Cl)cc1)=NC21CC1. The second-order valence-electron chi connectivity index (χ2n) is 7.48. The number of fused-ring (bicyclic) bond motifs is 4. The third-order valence-electron chi connectivity index (χ3n) is 5.40. The van der Waals surface area contributed by atoms with Gasteiger partial charge in [-0.1, -0.05) is 35.6 Å². The molecule has 6 heteroatoms. The van der Waals surface area contributed by atoms with Crippen LogP contribution in [0.25, 0.3) is 5.69 Å². The van der Waals surface area contributed by atoms with Gasteiger partial charge in [-0.25, -0.2) is 0 Å². The Morgan fingerprint density at radius 2 is 1.93 bits per heavy atom. The van der Waals surface area contributed by atoms with Gasteiger partial charge in [-0.05, 0) is 50.1 Å². The molecule has 3 aromatic rings. The molecule has 2 aliphatic rings. The summed E-state index contributed by atoms with van der Waals surface area (Å²) >= 11 is 6.13. The summed E-state index contributed by atoms with van der Waals surface area (Å²) in [5.41, 5.74) is 10.3. The highest BCUT2D eigenvalue weighted by Gasteiger charge is 2.51. The number of benzene rings is 2. The number of rotatable bonds is 2. The summed E-state index contributed by atoms with van der Waals surface area (Å²) in [6.45, 7) is 2.54. The van der Waals surface area contributed by atoms with Crippen LogP contribution in [-0.2, 0) is 5.54 Å². The van der Waals surface area contributed by atoms with E-state index >= 15 is 0 Å². The number of hydrogen-bond donors (Lipinski definition) is 1. The quantitative estimate of drug-likeness (QED) is 0.664. The molecule has 5 rings (SSSR count). The predicted molar refractivity (Wildman–Crippen MR) is 115 cm³/mol. The van der Waals surface area contributed by atoms with E-state index in [2.05, 4.69) is 38.7 Å². The molecule has 0 bridgehead atoms. The van der Waals surface area contributed by atoms with Crippen molar-refractivity contribution < 1.29 is 0 Å². The van der Waals surface area contributed by atoms with Crippen LogP contribution in [0.3, 0.4) is 0 Å². The minimum atomic E-state index is -0.305. The summed E-state index contributed by atoms with van der Waals surface area (Å²) in [6, 6.07) is 14.1. The molecule has 0 saturated heterocycles. The molecular weight excluding hydrogens is 382 g/mol. The monoisotopic (exact) mass is 401 g/mol. The largest absolute Gasteiger partial charge is 0.330 e. The zero-order chi connectivity index (χ0) is 20.0. The van der Waals surface area contributed by atoms with Crippen molar-refractivity contribution in [3.63, 3.8) is 0 Å². The molecular formula is C23H20ClN5. The summed E-state index contributed by atoms with van der Waals surface area (Å²) in [6.07, 6.45) is 2.62. The van der Waals surface area contributed by atoms with Crippen LogP contribution >= 0.6 is 11.6 Å². The molecule has 1 aromatic heterocycles. The van der Waals surface area contributed by atoms with Crippen molar-refractivity contribution in [1.82, 2.24) is 14.8 Å². The molecule has 5 nitrogen and oxygen atoms in total. The molecule has 1 aliphatic heterocycles. The fraction of sp³-hybridized carbons (Fsp3) is 0.261. The first-order chi connectivity index (χ1) is 14.1. The number of aromatic nitrogens is 3. The average molecular weight is 402 g/mol. The second-order valence-corrected chi connectivity index (χ2v) is 7.91.